The van der Waals surface area contributed by atoms with E-state index in [4.69, 9.17) is 4.74 Å². The van der Waals surface area contributed by atoms with Crippen LogP contribution in [0.4, 0.5) is 0 Å². The highest BCUT2D eigenvalue weighted by Crippen LogP contribution is 2.58. The van der Waals surface area contributed by atoms with Gasteiger partial charge in [-0.15, -0.1) is 0 Å². The van der Waals surface area contributed by atoms with Crippen LogP contribution in [0.25, 0.3) is 0 Å². The summed E-state index contributed by atoms with van der Waals surface area (Å²) in [5.74, 6) is 2.53. The van der Waals surface area contributed by atoms with Gasteiger partial charge >= 0.3 is 0 Å². The summed E-state index contributed by atoms with van der Waals surface area (Å²) in [5, 5.41) is 4.57. The Morgan fingerprint density at radius 3 is 2.67 bits per heavy atom. The molecule has 0 amide bonds. The molecular weight excluding hydrogens is 341 g/mol. The normalized spacial score (nSPS) is 35.6. The molecule has 5 heteroatoms. The molecule has 0 radical (unpaired) electrons. The highest BCUT2D eigenvalue weighted by atomic mass is 127. The van der Waals surface area contributed by atoms with Gasteiger partial charge in [0.1, 0.15) is 3.70 Å². The van der Waals surface area contributed by atoms with Gasteiger partial charge in [0.15, 0.2) is 0 Å². The zero-order valence-electron chi connectivity index (χ0n) is 10.6. The number of aryl methyl sites for hydroxylation is 1. The lowest BCUT2D eigenvalue weighted by Gasteiger charge is -2.35. The molecule has 18 heavy (non-hydrogen) atoms. The molecule has 98 valence electrons. The smallest absolute Gasteiger partial charge is 0.123 e. The van der Waals surface area contributed by atoms with Crippen LogP contribution in [0.2, 0.25) is 0 Å². The van der Waals surface area contributed by atoms with Gasteiger partial charge in [0, 0.05) is 31.2 Å². The van der Waals surface area contributed by atoms with Crippen LogP contribution in [0.1, 0.15) is 18.5 Å². The molecule has 4 rings (SSSR count). The van der Waals surface area contributed by atoms with Crippen molar-refractivity contribution in [2.24, 2.45) is 11.8 Å². The summed E-state index contributed by atoms with van der Waals surface area (Å²) in [7, 11) is 0. The minimum absolute atomic E-state index is 0.717. The van der Waals surface area contributed by atoms with E-state index in [1.165, 1.54) is 18.8 Å². The molecule has 1 aromatic heterocycles. The fourth-order valence-electron chi connectivity index (χ4n) is 3.65. The molecule has 1 aliphatic carbocycles. The van der Waals surface area contributed by atoms with Crippen molar-refractivity contribution in [1.29, 1.82) is 0 Å². The van der Waals surface area contributed by atoms with Crippen LogP contribution in [-0.4, -0.2) is 47.0 Å². The molecule has 1 aromatic rings. The summed E-state index contributed by atoms with van der Waals surface area (Å²) in [5.41, 5.74) is 1.47. The molecular formula is C13H18IN3O. The van der Waals surface area contributed by atoms with Gasteiger partial charge in [-0.05, 0) is 47.4 Å². The van der Waals surface area contributed by atoms with Crippen molar-refractivity contribution in [1.82, 2.24) is 14.7 Å². The first-order chi connectivity index (χ1) is 8.78. The second kappa shape index (κ2) is 4.18. The lowest BCUT2D eigenvalue weighted by atomic mass is 10.1. The van der Waals surface area contributed by atoms with Crippen LogP contribution in [0.3, 0.4) is 0 Å². The van der Waals surface area contributed by atoms with Crippen molar-refractivity contribution in [3.8, 4) is 0 Å². The maximum Gasteiger partial charge on any atom is 0.123 e. The number of likely N-dealkylation sites (tertiary alicyclic amines) is 1. The molecule has 3 heterocycles. The standard InChI is InChI=1S/C13H18IN3O/c1-2-17-11(3-12(14)15-17)13-9-4-16(5-10(9)13)8-6-18-7-8/h3,8-10,13H,2,4-7H2,1H3. The van der Waals surface area contributed by atoms with E-state index in [-0.39, 0.29) is 0 Å². The van der Waals surface area contributed by atoms with E-state index in [0.717, 1.165) is 47.3 Å². The number of ether oxygens (including phenoxy) is 1. The predicted octanol–water partition coefficient (Wildman–Crippen LogP) is 1.55. The Labute approximate surface area is 121 Å². The summed E-state index contributed by atoms with van der Waals surface area (Å²) >= 11 is 2.33. The number of halogens is 1. The number of hydrogen-bond acceptors (Lipinski definition) is 3. The van der Waals surface area contributed by atoms with Gasteiger partial charge < -0.3 is 4.74 Å². The fraction of sp³-hybridized carbons (Fsp3) is 0.769. The van der Waals surface area contributed by atoms with Crippen molar-refractivity contribution < 1.29 is 4.74 Å². The Bertz CT molecular complexity index is 459. The lowest BCUT2D eigenvalue weighted by Crippen LogP contribution is -2.48. The van der Waals surface area contributed by atoms with Crippen molar-refractivity contribution in [3.05, 3.63) is 15.5 Å². The van der Waals surface area contributed by atoms with E-state index in [2.05, 4.69) is 50.3 Å². The zero-order chi connectivity index (χ0) is 12.3. The van der Waals surface area contributed by atoms with Gasteiger partial charge in [0.2, 0.25) is 0 Å². The second-order valence-electron chi connectivity index (χ2n) is 5.71. The van der Waals surface area contributed by atoms with E-state index < -0.39 is 0 Å². The maximum absolute atomic E-state index is 5.29. The lowest BCUT2D eigenvalue weighted by molar-refractivity contribution is -0.0610. The van der Waals surface area contributed by atoms with Crippen molar-refractivity contribution in [3.63, 3.8) is 0 Å². The molecule has 0 spiro atoms. The highest BCUT2D eigenvalue weighted by Gasteiger charge is 2.58. The first-order valence-corrected chi connectivity index (χ1v) is 7.91. The van der Waals surface area contributed by atoms with Gasteiger partial charge in [-0.25, -0.2) is 0 Å². The van der Waals surface area contributed by atoms with Gasteiger partial charge in [-0.2, -0.15) is 5.10 Å². The van der Waals surface area contributed by atoms with E-state index in [1.807, 2.05) is 0 Å². The van der Waals surface area contributed by atoms with Gasteiger partial charge in [0.05, 0.1) is 19.3 Å². The molecule has 0 aromatic carbocycles. The summed E-state index contributed by atoms with van der Waals surface area (Å²) in [6.45, 7) is 7.63. The average molecular weight is 359 g/mol. The quantitative estimate of drug-likeness (QED) is 0.768. The Kier molecular flexibility index (Phi) is 2.71. The largest absolute Gasteiger partial charge is 0.378 e. The average Bonchev–Trinajstić information content (AvgIpc) is 2.68. The SMILES string of the molecule is CCn1nc(I)cc1C1C2CN(C3COC3)CC21. The topological polar surface area (TPSA) is 30.3 Å². The monoisotopic (exact) mass is 359 g/mol. The molecule has 2 atom stereocenters. The van der Waals surface area contributed by atoms with Crippen molar-refractivity contribution in [2.75, 3.05) is 26.3 Å². The second-order valence-corrected chi connectivity index (χ2v) is 6.81. The van der Waals surface area contributed by atoms with Crippen molar-refractivity contribution in [2.45, 2.75) is 25.4 Å². The van der Waals surface area contributed by atoms with Crippen LogP contribution in [0.15, 0.2) is 6.07 Å². The highest BCUT2D eigenvalue weighted by molar-refractivity contribution is 14.1. The minimum Gasteiger partial charge on any atom is -0.378 e. The van der Waals surface area contributed by atoms with Crippen LogP contribution in [0.5, 0.6) is 0 Å². The number of fused-ring (bicyclic) bond motifs is 1. The van der Waals surface area contributed by atoms with E-state index in [1.54, 1.807) is 0 Å². The molecule has 1 saturated carbocycles. The van der Waals surface area contributed by atoms with Gasteiger partial charge in [0.25, 0.3) is 0 Å². The van der Waals surface area contributed by atoms with Crippen LogP contribution in [0, 0.1) is 15.5 Å². The van der Waals surface area contributed by atoms with E-state index >= 15 is 0 Å². The molecule has 4 nitrogen and oxygen atoms in total. The van der Waals surface area contributed by atoms with Gasteiger partial charge in [-0.3, -0.25) is 9.58 Å². The van der Waals surface area contributed by atoms with Crippen LogP contribution in [-0.2, 0) is 11.3 Å². The zero-order valence-corrected chi connectivity index (χ0v) is 12.7. The third-order valence-electron chi connectivity index (χ3n) is 4.78. The Hall–Kier alpha value is -0.140. The minimum atomic E-state index is 0.717. The first-order valence-electron chi connectivity index (χ1n) is 6.83. The van der Waals surface area contributed by atoms with Crippen LogP contribution < -0.4 is 0 Å². The van der Waals surface area contributed by atoms with Crippen LogP contribution >= 0.6 is 22.6 Å². The summed E-state index contributed by atoms with van der Waals surface area (Å²) in [6, 6.07) is 3.00. The first kappa shape index (κ1) is 11.7. The third-order valence-corrected chi connectivity index (χ3v) is 5.31. The number of piperidine rings is 1. The van der Waals surface area contributed by atoms with Gasteiger partial charge in [-0.1, -0.05) is 0 Å². The van der Waals surface area contributed by atoms with Crippen molar-refractivity contribution >= 4 is 22.6 Å². The summed E-state index contributed by atoms with van der Waals surface area (Å²) in [6.07, 6.45) is 0. The molecule has 2 unspecified atom stereocenters. The molecule has 2 aliphatic heterocycles. The molecule has 2 saturated heterocycles. The number of hydrogen-bond donors (Lipinski definition) is 0. The number of nitrogens with zero attached hydrogens (tertiary/aromatic N) is 3. The summed E-state index contributed by atoms with van der Waals surface area (Å²) < 4.78 is 8.63. The Morgan fingerprint density at radius 1 is 1.39 bits per heavy atom. The Balaban J connectivity index is 1.47. The third kappa shape index (κ3) is 1.67. The number of aromatic nitrogens is 2. The summed E-state index contributed by atoms with van der Waals surface area (Å²) in [4.78, 5) is 2.63. The van der Waals surface area contributed by atoms with E-state index in [0.29, 0.717) is 0 Å². The fourth-order valence-corrected chi connectivity index (χ4v) is 4.23. The maximum atomic E-state index is 5.29. The number of rotatable bonds is 3. The van der Waals surface area contributed by atoms with E-state index in [9.17, 15) is 0 Å². The Morgan fingerprint density at radius 2 is 2.11 bits per heavy atom. The molecule has 3 aliphatic rings. The molecule has 0 N–H and O–H groups in total. The molecule has 3 fully saturated rings. The predicted molar refractivity (Wildman–Crippen MR) is 76.5 cm³/mol. The molecule has 0 bridgehead atoms.